The maximum Gasteiger partial charge on any atom is 0.271 e. The Balaban J connectivity index is 1.41. The van der Waals surface area contributed by atoms with Crippen molar-refractivity contribution in [2.24, 2.45) is 0 Å². The molecule has 2 N–H and O–H groups in total. The Morgan fingerprint density at radius 3 is 2.69 bits per heavy atom. The van der Waals surface area contributed by atoms with Crippen molar-refractivity contribution >= 4 is 35.0 Å². The van der Waals surface area contributed by atoms with Gasteiger partial charge in [0.2, 0.25) is 0 Å². The van der Waals surface area contributed by atoms with E-state index in [0.717, 1.165) is 18.9 Å². The van der Waals surface area contributed by atoms with Crippen molar-refractivity contribution in [1.29, 1.82) is 0 Å². The first-order chi connectivity index (χ1) is 18.9. The summed E-state index contributed by atoms with van der Waals surface area (Å²) >= 11 is 0. The van der Waals surface area contributed by atoms with Crippen molar-refractivity contribution in [3.8, 4) is 11.3 Å². The normalized spacial score (nSPS) is 18.1. The van der Waals surface area contributed by atoms with Crippen LogP contribution in [0.4, 0.5) is 26.0 Å². The fourth-order valence-corrected chi connectivity index (χ4v) is 5.22. The van der Waals surface area contributed by atoms with Crippen molar-refractivity contribution in [3.63, 3.8) is 0 Å². The molecule has 3 aromatic heterocycles. The number of methoxy groups -OCH3 is 1. The second kappa shape index (κ2) is 9.70. The molecule has 10 nitrogen and oxygen atoms in total. The summed E-state index contributed by atoms with van der Waals surface area (Å²) in [5.74, 6) is -1.14. The highest BCUT2D eigenvalue weighted by atomic mass is 19.1. The number of halogens is 2. The van der Waals surface area contributed by atoms with Crippen molar-refractivity contribution in [3.05, 3.63) is 65.1 Å². The van der Waals surface area contributed by atoms with Crippen molar-refractivity contribution < 1.29 is 23.1 Å². The van der Waals surface area contributed by atoms with E-state index < -0.39 is 11.6 Å². The van der Waals surface area contributed by atoms with Crippen LogP contribution in [0.3, 0.4) is 0 Å². The molecule has 6 rings (SSSR count). The summed E-state index contributed by atoms with van der Waals surface area (Å²) in [5, 5.41) is 10.8. The minimum atomic E-state index is -0.709. The first kappa shape index (κ1) is 24.9. The van der Waals surface area contributed by atoms with Gasteiger partial charge >= 0.3 is 0 Å². The van der Waals surface area contributed by atoms with Crippen LogP contribution in [0.15, 0.2) is 36.7 Å². The Bertz CT molecular complexity index is 1620. The van der Waals surface area contributed by atoms with Gasteiger partial charge in [-0.05, 0) is 43.0 Å². The lowest BCUT2D eigenvalue weighted by Gasteiger charge is -2.35. The number of benzene rings is 1. The third-order valence-electron chi connectivity index (χ3n) is 7.38. The number of hydrogen-bond donors (Lipinski definition) is 2. The molecule has 2 aliphatic rings. The van der Waals surface area contributed by atoms with Crippen LogP contribution in [0.2, 0.25) is 0 Å². The van der Waals surface area contributed by atoms with Gasteiger partial charge in [0.05, 0.1) is 24.0 Å². The molecule has 200 valence electrons. The van der Waals surface area contributed by atoms with Gasteiger partial charge in [-0.15, -0.1) is 5.10 Å². The highest BCUT2D eigenvalue weighted by molar-refractivity contribution is 5.94. The van der Waals surface area contributed by atoms with E-state index in [1.54, 1.807) is 20.2 Å². The number of pyridine rings is 1. The van der Waals surface area contributed by atoms with Crippen molar-refractivity contribution in [2.75, 3.05) is 30.9 Å². The molecule has 1 aromatic carbocycles. The van der Waals surface area contributed by atoms with Gasteiger partial charge in [0.1, 0.15) is 17.3 Å². The van der Waals surface area contributed by atoms with E-state index in [4.69, 9.17) is 9.84 Å². The van der Waals surface area contributed by atoms with Crippen LogP contribution in [0.1, 0.15) is 39.3 Å². The highest BCUT2D eigenvalue weighted by Crippen LogP contribution is 2.41. The average Bonchev–Trinajstić information content (AvgIpc) is 3.54. The lowest BCUT2D eigenvalue weighted by atomic mass is 9.89. The molecule has 0 unspecified atom stereocenters. The zero-order valence-corrected chi connectivity index (χ0v) is 21.2. The predicted molar refractivity (Wildman–Crippen MR) is 140 cm³/mol. The van der Waals surface area contributed by atoms with Gasteiger partial charge in [-0.25, -0.2) is 18.3 Å². The maximum atomic E-state index is 14.9. The summed E-state index contributed by atoms with van der Waals surface area (Å²) in [4.78, 5) is 34.4. The van der Waals surface area contributed by atoms with Crippen LogP contribution in [0.5, 0.6) is 0 Å². The van der Waals surface area contributed by atoms with E-state index >= 15 is 0 Å². The van der Waals surface area contributed by atoms with E-state index in [-0.39, 0.29) is 35.0 Å². The van der Waals surface area contributed by atoms with Gasteiger partial charge in [-0.2, -0.15) is 0 Å². The molecule has 0 radical (unpaired) electrons. The largest absolute Gasteiger partial charge is 0.385 e. The number of carbonyl (C=O) groups excluding carboxylic acids is 2. The second-order valence-corrected chi connectivity index (χ2v) is 9.55. The SMILES string of the molecule is CNc1cc(N2CCc3c(-c4ncc(C=O)cc4F)cc(F)cc32)nn2c(C(=O)N[C@@H]3CC[C@H]3OC)cnc12. The van der Waals surface area contributed by atoms with Crippen LogP contribution in [0.25, 0.3) is 16.9 Å². The van der Waals surface area contributed by atoms with E-state index in [9.17, 15) is 18.4 Å². The number of imidazole rings is 1. The molecular formula is C27H25F2N7O3. The van der Waals surface area contributed by atoms with Gasteiger partial charge < -0.3 is 20.3 Å². The Hall–Kier alpha value is -4.45. The second-order valence-electron chi connectivity index (χ2n) is 9.55. The number of ether oxygens (including phenoxy) is 1. The fourth-order valence-electron chi connectivity index (χ4n) is 5.22. The lowest BCUT2D eigenvalue weighted by Crippen LogP contribution is -2.51. The van der Waals surface area contributed by atoms with E-state index in [1.165, 1.54) is 29.0 Å². The van der Waals surface area contributed by atoms with E-state index in [1.807, 2.05) is 4.90 Å². The molecule has 4 heterocycles. The molecule has 4 aromatic rings. The number of carbonyl (C=O) groups is 2. The summed E-state index contributed by atoms with van der Waals surface area (Å²) in [6.07, 6.45) is 5.40. The number of fused-ring (bicyclic) bond motifs is 2. The summed E-state index contributed by atoms with van der Waals surface area (Å²) in [6, 6.07) is 5.39. The van der Waals surface area contributed by atoms with Gasteiger partial charge in [0.15, 0.2) is 23.4 Å². The summed E-state index contributed by atoms with van der Waals surface area (Å²) in [5.41, 5.74) is 2.94. The van der Waals surface area contributed by atoms with E-state index in [2.05, 4.69) is 20.6 Å². The summed E-state index contributed by atoms with van der Waals surface area (Å²) < 4.78 is 36.6. The van der Waals surface area contributed by atoms with Crippen LogP contribution >= 0.6 is 0 Å². The Labute approximate surface area is 222 Å². The molecule has 2 atom stereocenters. The standard InChI is InChI=1S/C27H25F2N7O3/c1-30-20-10-24(34-36-22(12-32-26(20)36)27(38)33-19-3-4-23(19)39-2)35-6-5-16-17(8-15(28)9-21(16)35)25-18(29)7-14(13-37)11-31-25/h7-13,19,23,30H,3-6H2,1-2H3,(H,33,38)/t19-,23-/m1/s1. The Morgan fingerprint density at radius 1 is 1.15 bits per heavy atom. The van der Waals surface area contributed by atoms with E-state index in [0.29, 0.717) is 53.2 Å². The van der Waals surface area contributed by atoms with Gasteiger partial charge in [-0.1, -0.05) is 0 Å². The fraction of sp³-hybridized carbons (Fsp3) is 0.296. The predicted octanol–water partition coefficient (Wildman–Crippen LogP) is 3.53. The zero-order chi connectivity index (χ0) is 27.3. The number of aldehydes is 1. The average molecular weight is 534 g/mol. The molecule has 1 aliphatic carbocycles. The van der Waals surface area contributed by atoms with Crippen LogP contribution < -0.4 is 15.5 Å². The number of nitrogens with zero attached hydrogens (tertiary/aromatic N) is 5. The number of aromatic nitrogens is 4. The molecule has 0 spiro atoms. The maximum absolute atomic E-state index is 14.9. The molecule has 1 fully saturated rings. The number of rotatable bonds is 7. The summed E-state index contributed by atoms with van der Waals surface area (Å²) in [6.45, 7) is 0.440. The number of nitrogens with one attached hydrogen (secondary N) is 2. The van der Waals surface area contributed by atoms with Crippen LogP contribution in [-0.4, -0.2) is 64.6 Å². The molecule has 12 heteroatoms. The third-order valence-corrected chi connectivity index (χ3v) is 7.38. The van der Waals surface area contributed by atoms with Crippen LogP contribution in [-0.2, 0) is 11.2 Å². The number of amides is 1. The van der Waals surface area contributed by atoms with Gasteiger partial charge in [-0.3, -0.25) is 14.6 Å². The molecule has 0 bridgehead atoms. The van der Waals surface area contributed by atoms with Crippen LogP contribution in [0, 0.1) is 11.6 Å². The third kappa shape index (κ3) is 4.16. The summed E-state index contributed by atoms with van der Waals surface area (Å²) in [7, 11) is 3.36. The smallest absolute Gasteiger partial charge is 0.271 e. The molecule has 1 amide bonds. The van der Waals surface area contributed by atoms with Gasteiger partial charge in [0.25, 0.3) is 5.91 Å². The number of anilines is 3. The minimum absolute atomic E-state index is 0.0244. The lowest BCUT2D eigenvalue weighted by molar-refractivity contribution is 0.00718. The highest BCUT2D eigenvalue weighted by Gasteiger charge is 2.33. The molecule has 1 aliphatic heterocycles. The molecular weight excluding hydrogens is 508 g/mol. The zero-order valence-electron chi connectivity index (χ0n) is 21.2. The molecule has 1 saturated carbocycles. The Kier molecular flexibility index (Phi) is 6.18. The number of hydrogen-bond acceptors (Lipinski definition) is 8. The van der Waals surface area contributed by atoms with Crippen molar-refractivity contribution in [2.45, 2.75) is 31.4 Å². The minimum Gasteiger partial charge on any atom is -0.385 e. The Morgan fingerprint density at radius 2 is 2.00 bits per heavy atom. The molecule has 0 saturated heterocycles. The molecule has 39 heavy (non-hydrogen) atoms. The van der Waals surface area contributed by atoms with Crippen molar-refractivity contribution in [1.82, 2.24) is 24.9 Å². The topological polar surface area (TPSA) is 114 Å². The first-order valence-corrected chi connectivity index (χ1v) is 12.5. The quantitative estimate of drug-likeness (QED) is 0.347. The van der Waals surface area contributed by atoms with Gasteiger partial charge in [0, 0.05) is 49.8 Å². The monoisotopic (exact) mass is 533 g/mol. The first-order valence-electron chi connectivity index (χ1n) is 12.5.